The lowest BCUT2D eigenvalue weighted by Crippen LogP contribution is -2.36. The van der Waals surface area contributed by atoms with Crippen LogP contribution in [0.25, 0.3) is 0 Å². The predicted octanol–water partition coefficient (Wildman–Crippen LogP) is 2.74. The summed E-state index contributed by atoms with van der Waals surface area (Å²) in [5.41, 5.74) is 0. The summed E-state index contributed by atoms with van der Waals surface area (Å²) >= 11 is 0.755. The van der Waals surface area contributed by atoms with Crippen LogP contribution < -0.4 is 5.32 Å². The quantitative estimate of drug-likeness (QED) is 0.905. The Morgan fingerprint density at radius 3 is 2.84 bits per heavy atom. The highest BCUT2D eigenvalue weighted by Crippen LogP contribution is 2.33. The van der Waals surface area contributed by atoms with Gasteiger partial charge in [0.25, 0.3) is 0 Å². The van der Waals surface area contributed by atoms with Crippen molar-refractivity contribution in [3.05, 3.63) is 16.1 Å². The topological polar surface area (TPSA) is 28.2 Å². The maximum atomic E-state index is 12.5. The fourth-order valence-corrected chi connectivity index (χ4v) is 3.15. The van der Waals surface area contributed by atoms with Gasteiger partial charge in [-0.25, -0.2) is 4.98 Å². The zero-order valence-electron chi connectivity index (χ0n) is 10.8. The molecule has 1 N–H and O–H groups in total. The van der Waals surface area contributed by atoms with Crippen molar-refractivity contribution in [3.63, 3.8) is 0 Å². The van der Waals surface area contributed by atoms with E-state index in [0.29, 0.717) is 17.5 Å². The first-order valence-corrected chi connectivity index (χ1v) is 7.29. The molecule has 0 radical (unpaired) electrons. The molecular weight excluding hydrogens is 275 g/mol. The zero-order chi connectivity index (χ0) is 13.9. The Morgan fingerprint density at radius 2 is 2.32 bits per heavy atom. The lowest BCUT2D eigenvalue weighted by Gasteiger charge is -2.27. The van der Waals surface area contributed by atoms with E-state index < -0.39 is 11.2 Å². The van der Waals surface area contributed by atoms with Crippen molar-refractivity contribution in [3.8, 4) is 0 Å². The van der Waals surface area contributed by atoms with Crippen LogP contribution in [0.15, 0.2) is 6.20 Å². The number of nitrogens with one attached hydrogen (secondary N) is 1. The summed E-state index contributed by atoms with van der Waals surface area (Å²) in [5, 5.41) is 2.55. The third-order valence-electron chi connectivity index (χ3n) is 3.22. The van der Waals surface area contributed by atoms with Gasteiger partial charge in [-0.05, 0) is 25.9 Å². The van der Waals surface area contributed by atoms with Gasteiger partial charge in [0.15, 0.2) is 5.01 Å². The molecule has 0 aromatic carbocycles. The molecule has 1 fully saturated rings. The van der Waals surface area contributed by atoms with Crippen molar-refractivity contribution in [2.45, 2.75) is 38.5 Å². The number of nitrogens with zero attached hydrogens (tertiary/aromatic N) is 2. The predicted molar refractivity (Wildman–Crippen MR) is 69.1 cm³/mol. The van der Waals surface area contributed by atoms with Gasteiger partial charge in [0.05, 0.1) is 0 Å². The lowest BCUT2D eigenvalue weighted by atomic mass is 10.2. The van der Waals surface area contributed by atoms with Gasteiger partial charge in [-0.15, -0.1) is 11.3 Å². The Morgan fingerprint density at radius 1 is 1.53 bits per heavy atom. The molecule has 1 unspecified atom stereocenters. The van der Waals surface area contributed by atoms with Gasteiger partial charge in [0, 0.05) is 30.2 Å². The molecule has 0 spiro atoms. The highest BCUT2D eigenvalue weighted by atomic mass is 32.1. The largest absolute Gasteiger partial charge is 0.443 e. The second kappa shape index (κ2) is 6.19. The summed E-state index contributed by atoms with van der Waals surface area (Å²) in [6, 6.07) is 0.427. The molecule has 108 valence electrons. The van der Waals surface area contributed by atoms with Gasteiger partial charge in [-0.1, -0.05) is 6.92 Å². The standard InChI is InChI=1S/C12H18F3N3S/c1-2-5-18(9-3-4-16-6-9)8-10-7-17-11(19-10)12(13,14)15/h7,9,16H,2-6,8H2,1H3. The Kier molecular flexibility index (Phi) is 4.81. The average molecular weight is 293 g/mol. The minimum absolute atomic E-state index is 0.427. The number of rotatable bonds is 5. The number of aromatic nitrogens is 1. The Labute approximate surface area is 114 Å². The zero-order valence-corrected chi connectivity index (χ0v) is 11.7. The molecule has 19 heavy (non-hydrogen) atoms. The van der Waals surface area contributed by atoms with E-state index >= 15 is 0 Å². The summed E-state index contributed by atoms with van der Waals surface area (Å²) in [5.74, 6) is 0. The van der Waals surface area contributed by atoms with Crippen LogP contribution >= 0.6 is 11.3 Å². The van der Waals surface area contributed by atoms with E-state index in [1.165, 1.54) is 6.20 Å². The summed E-state index contributed by atoms with van der Waals surface area (Å²) in [4.78, 5) is 6.42. The Hall–Kier alpha value is -0.660. The summed E-state index contributed by atoms with van der Waals surface area (Å²) in [7, 11) is 0. The summed E-state index contributed by atoms with van der Waals surface area (Å²) in [6.07, 6.45) is -0.904. The fraction of sp³-hybridized carbons (Fsp3) is 0.750. The van der Waals surface area contributed by atoms with Crippen LogP contribution in [0.3, 0.4) is 0 Å². The van der Waals surface area contributed by atoms with Gasteiger partial charge in [0.2, 0.25) is 0 Å². The van der Waals surface area contributed by atoms with Crippen molar-refractivity contribution < 1.29 is 13.2 Å². The third-order valence-corrected chi connectivity index (χ3v) is 4.24. The number of alkyl halides is 3. The molecule has 1 saturated heterocycles. The van der Waals surface area contributed by atoms with Crippen molar-refractivity contribution >= 4 is 11.3 Å². The summed E-state index contributed by atoms with van der Waals surface area (Å²) < 4.78 is 37.5. The fourth-order valence-electron chi connectivity index (χ4n) is 2.34. The molecule has 3 nitrogen and oxygen atoms in total. The van der Waals surface area contributed by atoms with E-state index in [-0.39, 0.29) is 0 Å². The highest BCUT2D eigenvalue weighted by Gasteiger charge is 2.34. The molecule has 2 rings (SSSR count). The van der Waals surface area contributed by atoms with E-state index in [1.807, 2.05) is 0 Å². The van der Waals surface area contributed by atoms with Gasteiger partial charge in [0.1, 0.15) is 0 Å². The minimum atomic E-state index is -4.33. The van der Waals surface area contributed by atoms with Gasteiger partial charge in [-0.3, -0.25) is 4.90 Å². The molecule has 1 atom stereocenters. The smallest absolute Gasteiger partial charge is 0.315 e. The summed E-state index contributed by atoms with van der Waals surface area (Å²) in [6.45, 7) is 5.47. The number of hydrogen-bond acceptors (Lipinski definition) is 4. The van der Waals surface area contributed by atoms with Crippen LogP contribution in [-0.2, 0) is 12.7 Å². The second-order valence-corrected chi connectivity index (χ2v) is 5.86. The van der Waals surface area contributed by atoms with Crippen molar-refractivity contribution in [2.24, 2.45) is 0 Å². The van der Waals surface area contributed by atoms with Crippen molar-refractivity contribution in [1.82, 2.24) is 15.2 Å². The molecule has 0 bridgehead atoms. The lowest BCUT2D eigenvalue weighted by molar-refractivity contribution is -0.137. The van der Waals surface area contributed by atoms with Crippen LogP contribution in [0.5, 0.6) is 0 Å². The molecular formula is C12H18F3N3S. The molecule has 7 heteroatoms. The average Bonchev–Trinajstić information content (AvgIpc) is 2.98. The third kappa shape index (κ3) is 3.90. The Bertz CT molecular complexity index is 399. The first-order valence-electron chi connectivity index (χ1n) is 6.47. The van der Waals surface area contributed by atoms with Crippen molar-refractivity contribution in [1.29, 1.82) is 0 Å². The molecule has 1 aliphatic rings. The molecule has 0 aliphatic carbocycles. The van der Waals surface area contributed by atoms with Crippen LogP contribution in [0.4, 0.5) is 13.2 Å². The maximum absolute atomic E-state index is 12.5. The number of halogens is 3. The molecule has 1 aromatic rings. The van der Waals surface area contributed by atoms with Gasteiger partial charge < -0.3 is 5.32 Å². The van der Waals surface area contributed by atoms with E-state index in [1.54, 1.807) is 0 Å². The van der Waals surface area contributed by atoms with Crippen LogP contribution in [-0.4, -0.2) is 35.6 Å². The minimum Gasteiger partial charge on any atom is -0.315 e. The van der Waals surface area contributed by atoms with Gasteiger partial charge in [-0.2, -0.15) is 13.2 Å². The number of thiazole rings is 1. The molecule has 2 heterocycles. The van der Waals surface area contributed by atoms with Crippen LogP contribution in [0.1, 0.15) is 29.7 Å². The monoisotopic (exact) mass is 293 g/mol. The maximum Gasteiger partial charge on any atom is 0.443 e. The SMILES string of the molecule is CCCN(Cc1cnc(C(F)(F)F)s1)C1CCNC1. The van der Waals surface area contributed by atoms with Crippen LogP contribution in [0.2, 0.25) is 0 Å². The van der Waals surface area contributed by atoms with E-state index in [0.717, 1.165) is 43.8 Å². The molecule has 0 saturated carbocycles. The normalized spacial score (nSPS) is 20.4. The first kappa shape index (κ1) is 14.7. The first-order chi connectivity index (χ1) is 9.00. The number of hydrogen-bond donors (Lipinski definition) is 1. The van der Waals surface area contributed by atoms with E-state index in [4.69, 9.17) is 0 Å². The van der Waals surface area contributed by atoms with Gasteiger partial charge >= 0.3 is 6.18 Å². The second-order valence-electron chi connectivity index (χ2n) is 4.75. The molecule has 1 aromatic heterocycles. The van der Waals surface area contributed by atoms with E-state index in [9.17, 15) is 13.2 Å². The molecule has 0 amide bonds. The van der Waals surface area contributed by atoms with Crippen LogP contribution in [0, 0.1) is 0 Å². The molecule has 1 aliphatic heterocycles. The van der Waals surface area contributed by atoms with Crippen molar-refractivity contribution in [2.75, 3.05) is 19.6 Å². The highest BCUT2D eigenvalue weighted by molar-refractivity contribution is 7.11. The van der Waals surface area contributed by atoms with E-state index in [2.05, 4.69) is 22.1 Å². The Balaban J connectivity index is 2.02.